The Kier molecular flexibility index (Phi) is 3.38. The molecular weight excluding hydrogens is 256 g/mol. The molecule has 0 bridgehead atoms. The minimum atomic E-state index is -0.358. The van der Waals surface area contributed by atoms with Gasteiger partial charge < -0.3 is 13.9 Å². The lowest BCUT2D eigenvalue weighted by molar-refractivity contribution is 0.0603. The lowest BCUT2D eigenvalue weighted by atomic mass is 10.1. The van der Waals surface area contributed by atoms with Gasteiger partial charge in [-0.3, -0.25) is 0 Å². The van der Waals surface area contributed by atoms with E-state index in [1.165, 1.54) is 20.0 Å². The van der Waals surface area contributed by atoms with Crippen molar-refractivity contribution >= 4 is 16.9 Å². The number of carbonyl (C=O) groups is 1. The zero-order valence-electron chi connectivity index (χ0n) is 11.8. The van der Waals surface area contributed by atoms with Crippen molar-refractivity contribution in [3.63, 3.8) is 0 Å². The van der Waals surface area contributed by atoms with E-state index in [0.29, 0.717) is 16.9 Å². The van der Waals surface area contributed by atoms with Crippen LogP contribution in [0, 0.1) is 6.92 Å². The first-order valence-electron chi connectivity index (χ1n) is 6.97. The standard InChI is InChI=1S/C16H18O4/c1-10-9-13-12(16(17)18-2)7-8-14(15(13)19-10)20-11-5-3-4-6-11/h7-9,11H,3-6H2,1-2H3. The molecule has 0 aliphatic heterocycles. The highest BCUT2D eigenvalue weighted by molar-refractivity contribution is 6.04. The summed E-state index contributed by atoms with van der Waals surface area (Å²) in [5.74, 6) is 1.11. The van der Waals surface area contributed by atoms with Gasteiger partial charge in [0.1, 0.15) is 5.76 Å². The third-order valence-corrected chi connectivity index (χ3v) is 3.77. The zero-order chi connectivity index (χ0) is 14.1. The Hall–Kier alpha value is -1.97. The second kappa shape index (κ2) is 5.19. The topological polar surface area (TPSA) is 48.7 Å². The Bertz CT molecular complexity index is 635. The van der Waals surface area contributed by atoms with Gasteiger partial charge in [-0.05, 0) is 50.8 Å². The van der Waals surface area contributed by atoms with E-state index in [-0.39, 0.29) is 12.1 Å². The summed E-state index contributed by atoms with van der Waals surface area (Å²) < 4.78 is 16.5. The summed E-state index contributed by atoms with van der Waals surface area (Å²) in [6, 6.07) is 5.40. The van der Waals surface area contributed by atoms with Crippen LogP contribution in [0.2, 0.25) is 0 Å². The fourth-order valence-corrected chi connectivity index (χ4v) is 2.79. The van der Waals surface area contributed by atoms with Crippen molar-refractivity contribution < 1.29 is 18.7 Å². The molecule has 2 aromatic rings. The van der Waals surface area contributed by atoms with Gasteiger partial charge in [0.05, 0.1) is 18.8 Å². The van der Waals surface area contributed by atoms with E-state index in [1.807, 2.05) is 13.0 Å². The summed E-state index contributed by atoms with van der Waals surface area (Å²) in [7, 11) is 1.38. The number of methoxy groups -OCH3 is 1. The molecule has 1 aliphatic carbocycles. The van der Waals surface area contributed by atoms with Gasteiger partial charge in [-0.1, -0.05) is 0 Å². The summed E-state index contributed by atoms with van der Waals surface area (Å²) in [6.45, 7) is 1.86. The third kappa shape index (κ3) is 2.26. The first-order valence-corrected chi connectivity index (χ1v) is 6.97. The molecule has 0 amide bonds. The molecule has 3 rings (SSSR count). The monoisotopic (exact) mass is 274 g/mol. The predicted molar refractivity (Wildman–Crippen MR) is 75.2 cm³/mol. The van der Waals surface area contributed by atoms with Crippen molar-refractivity contribution in [1.29, 1.82) is 0 Å². The van der Waals surface area contributed by atoms with E-state index in [1.54, 1.807) is 12.1 Å². The average Bonchev–Trinajstić information content (AvgIpc) is 3.07. The van der Waals surface area contributed by atoms with Gasteiger partial charge in [-0.25, -0.2) is 4.79 Å². The van der Waals surface area contributed by atoms with Gasteiger partial charge in [-0.15, -0.1) is 0 Å². The molecule has 0 spiro atoms. The van der Waals surface area contributed by atoms with E-state index < -0.39 is 0 Å². The Morgan fingerprint density at radius 1 is 1.30 bits per heavy atom. The lowest BCUT2D eigenvalue weighted by Crippen LogP contribution is -2.11. The van der Waals surface area contributed by atoms with Crippen LogP contribution >= 0.6 is 0 Å². The summed E-state index contributed by atoms with van der Waals surface area (Å²) in [6.07, 6.45) is 4.85. The van der Waals surface area contributed by atoms with Crippen LogP contribution in [0.25, 0.3) is 11.0 Å². The number of hydrogen-bond acceptors (Lipinski definition) is 4. The highest BCUT2D eigenvalue weighted by Gasteiger charge is 2.21. The van der Waals surface area contributed by atoms with E-state index in [9.17, 15) is 4.79 Å². The highest BCUT2D eigenvalue weighted by atomic mass is 16.5. The molecule has 1 fully saturated rings. The van der Waals surface area contributed by atoms with Crippen LogP contribution in [0.3, 0.4) is 0 Å². The van der Waals surface area contributed by atoms with Crippen molar-refractivity contribution in [3.05, 3.63) is 29.5 Å². The van der Waals surface area contributed by atoms with Gasteiger partial charge in [0.15, 0.2) is 11.3 Å². The number of aryl methyl sites for hydroxylation is 1. The van der Waals surface area contributed by atoms with E-state index in [4.69, 9.17) is 13.9 Å². The third-order valence-electron chi connectivity index (χ3n) is 3.77. The first kappa shape index (κ1) is 13.0. The number of furan rings is 1. The largest absolute Gasteiger partial charge is 0.486 e. The molecule has 4 heteroatoms. The van der Waals surface area contributed by atoms with Crippen molar-refractivity contribution in [2.45, 2.75) is 38.7 Å². The summed E-state index contributed by atoms with van der Waals surface area (Å²) in [5, 5.41) is 0.754. The molecule has 106 valence electrons. The van der Waals surface area contributed by atoms with Crippen LogP contribution in [0.1, 0.15) is 41.8 Å². The molecule has 0 saturated heterocycles. The molecule has 1 aromatic carbocycles. The molecule has 0 atom stereocenters. The molecule has 0 N–H and O–H groups in total. The number of esters is 1. The molecule has 1 aliphatic rings. The van der Waals surface area contributed by atoms with Crippen molar-refractivity contribution in [2.75, 3.05) is 7.11 Å². The molecular formula is C16H18O4. The number of rotatable bonds is 3. The quantitative estimate of drug-likeness (QED) is 0.798. The zero-order valence-corrected chi connectivity index (χ0v) is 11.8. The number of benzene rings is 1. The van der Waals surface area contributed by atoms with Crippen LogP contribution in [-0.4, -0.2) is 19.2 Å². The second-order valence-corrected chi connectivity index (χ2v) is 5.23. The highest BCUT2D eigenvalue weighted by Crippen LogP contribution is 2.34. The normalized spacial score (nSPS) is 15.7. The minimum Gasteiger partial charge on any atom is -0.486 e. The van der Waals surface area contributed by atoms with Crippen LogP contribution in [-0.2, 0) is 4.74 Å². The van der Waals surface area contributed by atoms with Crippen molar-refractivity contribution in [3.8, 4) is 5.75 Å². The maximum absolute atomic E-state index is 11.8. The molecule has 1 aromatic heterocycles. The summed E-state index contributed by atoms with van der Waals surface area (Å²) in [4.78, 5) is 11.8. The molecule has 20 heavy (non-hydrogen) atoms. The van der Waals surface area contributed by atoms with Gasteiger partial charge in [0.2, 0.25) is 0 Å². The van der Waals surface area contributed by atoms with E-state index in [2.05, 4.69) is 0 Å². The smallest absolute Gasteiger partial charge is 0.338 e. The first-order chi connectivity index (χ1) is 9.69. The SMILES string of the molecule is COC(=O)c1ccc(OC2CCCC2)c2oc(C)cc12. The molecule has 0 radical (unpaired) electrons. The van der Waals surface area contributed by atoms with Crippen molar-refractivity contribution in [2.24, 2.45) is 0 Å². The van der Waals surface area contributed by atoms with Crippen molar-refractivity contribution in [1.82, 2.24) is 0 Å². The number of hydrogen-bond donors (Lipinski definition) is 0. The van der Waals surface area contributed by atoms with Crippen LogP contribution in [0.15, 0.2) is 22.6 Å². The molecule has 4 nitrogen and oxygen atoms in total. The fraction of sp³-hybridized carbons (Fsp3) is 0.438. The van der Waals surface area contributed by atoms with Crippen LogP contribution in [0.4, 0.5) is 0 Å². The fourth-order valence-electron chi connectivity index (χ4n) is 2.79. The Balaban J connectivity index is 2.03. The van der Waals surface area contributed by atoms with Gasteiger partial charge >= 0.3 is 5.97 Å². The maximum Gasteiger partial charge on any atom is 0.338 e. The number of fused-ring (bicyclic) bond motifs is 1. The number of carbonyl (C=O) groups excluding carboxylic acids is 1. The average molecular weight is 274 g/mol. The van der Waals surface area contributed by atoms with E-state index >= 15 is 0 Å². The summed E-state index contributed by atoms with van der Waals surface area (Å²) in [5.41, 5.74) is 1.15. The Morgan fingerprint density at radius 2 is 2.05 bits per heavy atom. The summed E-state index contributed by atoms with van der Waals surface area (Å²) >= 11 is 0. The Labute approximate surface area is 117 Å². The number of ether oxygens (including phenoxy) is 2. The maximum atomic E-state index is 11.8. The Morgan fingerprint density at radius 3 is 2.75 bits per heavy atom. The molecule has 0 unspecified atom stereocenters. The predicted octanol–water partition coefficient (Wildman–Crippen LogP) is 3.85. The van der Waals surface area contributed by atoms with Gasteiger partial charge in [0.25, 0.3) is 0 Å². The van der Waals surface area contributed by atoms with Crippen LogP contribution in [0.5, 0.6) is 5.75 Å². The van der Waals surface area contributed by atoms with Crippen LogP contribution < -0.4 is 4.74 Å². The van der Waals surface area contributed by atoms with E-state index in [0.717, 1.165) is 24.0 Å². The second-order valence-electron chi connectivity index (χ2n) is 5.23. The molecule has 1 saturated carbocycles. The minimum absolute atomic E-state index is 0.257. The lowest BCUT2D eigenvalue weighted by Gasteiger charge is -2.13. The van der Waals surface area contributed by atoms with Gasteiger partial charge in [-0.2, -0.15) is 0 Å². The molecule has 1 heterocycles. The van der Waals surface area contributed by atoms with Gasteiger partial charge in [0, 0.05) is 5.39 Å².